The maximum absolute atomic E-state index is 11.6. The van der Waals surface area contributed by atoms with E-state index < -0.39 is 5.60 Å². The molecule has 0 rings (SSSR count). The molecular formula is C14H27NO2. The summed E-state index contributed by atoms with van der Waals surface area (Å²) in [6, 6.07) is 0.217. The maximum Gasteiger partial charge on any atom is 0.407 e. The lowest BCUT2D eigenvalue weighted by atomic mass is 10.1. The Kier molecular flexibility index (Phi) is 7.68. The number of allylic oxidation sites excluding steroid dienone is 1. The highest BCUT2D eigenvalue weighted by Crippen LogP contribution is 2.10. The zero-order chi connectivity index (χ0) is 13.3. The molecule has 0 aliphatic rings. The lowest BCUT2D eigenvalue weighted by Crippen LogP contribution is -2.38. The first-order valence-corrected chi connectivity index (χ1v) is 6.49. The zero-order valence-electron chi connectivity index (χ0n) is 11.7. The Morgan fingerprint density at radius 3 is 2.53 bits per heavy atom. The first-order valence-electron chi connectivity index (χ1n) is 6.49. The molecule has 0 bridgehead atoms. The highest BCUT2D eigenvalue weighted by molar-refractivity contribution is 5.68. The lowest BCUT2D eigenvalue weighted by Gasteiger charge is -2.23. The number of nitrogens with one attached hydrogen (secondary N) is 1. The number of hydrogen-bond acceptors (Lipinski definition) is 2. The number of carbonyl (C=O) groups is 1. The van der Waals surface area contributed by atoms with Gasteiger partial charge in [-0.3, -0.25) is 0 Å². The summed E-state index contributed by atoms with van der Waals surface area (Å²) in [6.07, 6.45) is 6.85. The summed E-state index contributed by atoms with van der Waals surface area (Å²) in [6.45, 7) is 11.4. The van der Waals surface area contributed by atoms with E-state index in [9.17, 15) is 4.79 Å². The number of hydrogen-bond donors (Lipinski definition) is 1. The normalized spacial score (nSPS) is 12.9. The molecule has 0 heterocycles. The number of amides is 1. The van der Waals surface area contributed by atoms with Gasteiger partial charge in [-0.2, -0.15) is 0 Å². The molecule has 100 valence electrons. The standard InChI is InChI=1S/C14H27NO2/c1-6-8-9-10-11-12(7-2)15-13(16)17-14(3,4)5/h6,12H,1,7-11H2,2-5H3,(H,15,16). The van der Waals surface area contributed by atoms with Crippen LogP contribution in [-0.2, 0) is 4.74 Å². The van der Waals surface area contributed by atoms with Crippen LogP contribution in [0.4, 0.5) is 4.79 Å². The summed E-state index contributed by atoms with van der Waals surface area (Å²) in [5, 5.41) is 2.91. The fourth-order valence-corrected chi connectivity index (χ4v) is 1.53. The van der Waals surface area contributed by atoms with Gasteiger partial charge in [0.15, 0.2) is 0 Å². The van der Waals surface area contributed by atoms with Gasteiger partial charge >= 0.3 is 6.09 Å². The Labute approximate surface area is 106 Å². The fraction of sp³-hybridized carbons (Fsp3) is 0.786. The molecule has 1 N–H and O–H groups in total. The smallest absolute Gasteiger partial charge is 0.407 e. The predicted octanol–water partition coefficient (Wildman–Crippen LogP) is 4.04. The van der Waals surface area contributed by atoms with Crippen molar-refractivity contribution in [3.8, 4) is 0 Å². The maximum atomic E-state index is 11.6. The second-order valence-corrected chi connectivity index (χ2v) is 5.32. The van der Waals surface area contributed by atoms with Gasteiger partial charge in [-0.05, 0) is 46.5 Å². The van der Waals surface area contributed by atoms with E-state index in [-0.39, 0.29) is 12.1 Å². The first-order chi connectivity index (χ1) is 7.89. The van der Waals surface area contributed by atoms with Crippen LogP contribution in [0.25, 0.3) is 0 Å². The van der Waals surface area contributed by atoms with E-state index in [0.29, 0.717) is 0 Å². The number of ether oxygens (including phenoxy) is 1. The van der Waals surface area contributed by atoms with E-state index in [0.717, 1.165) is 32.1 Å². The van der Waals surface area contributed by atoms with E-state index in [4.69, 9.17) is 4.74 Å². The van der Waals surface area contributed by atoms with Gasteiger partial charge in [0.05, 0.1) is 0 Å². The molecule has 1 unspecified atom stereocenters. The summed E-state index contributed by atoms with van der Waals surface area (Å²) in [5.74, 6) is 0. The van der Waals surface area contributed by atoms with Crippen LogP contribution in [0.3, 0.4) is 0 Å². The van der Waals surface area contributed by atoms with E-state index in [1.54, 1.807) is 0 Å². The van der Waals surface area contributed by atoms with Crippen molar-refractivity contribution in [3.63, 3.8) is 0 Å². The van der Waals surface area contributed by atoms with Crippen molar-refractivity contribution >= 4 is 6.09 Å². The van der Waals surface area contributed by atoms with Gasteiger partial charge < -0.3 is 10.1 Å². The highest BCUT2D eigenvalue weighted by Gasteiger charge is 2.18. The third-order valence-electron chi connectivity index (χ3n) is 2.42. The summed E-state index contributed by atoms with van der Waals surface area (Å²) in [4.78, 5) is 11.6. The van der Waals surface area contributed by atoms with Gasteiger partial charge in [0.1, 0.15) is 5.60 Å². The molecule has 0 aliphatic heterocycles. The van der Waals surface area contributed by atoms with Crippen LogP contribution in [0.2, 0.25) is 0 Å². The predicted molar refractivity (Wildman–Crippen MR) is 72.1 cm³/mol. The molecule has 1 amide bonds. The Hall–Kier alpha value is -0.990. The van der Waals surface area contributed by atoms with E-state index in [1.807, 2.05) is 26.8 Å². The minimum absolute atomic E-state index is 0.217. The Morgan fingerprint density at radius 2 is 2.06 bits per heavy atom. The summed E-state index contributed by atoms with van der Waals surface area (Å²) < 4.78 is 5.23. The SMILES string of the molecule is C=CCCCCC(CC)NC(=O)OC(C)(C)C. The van der Waals surface area contributed by atoms with Crippen molar-refractivity contribution in [1.82, 2.24) is 5.32 Å². The fourth-order valence-electron chi connectivity index (χ4n) is 1.53. The molecule has 3 heteroatoms. The average Bonchev–Trinajstić information content (AvgIpc) is 2.20. The molecule has 0 radical (unpaired) electrons. The molecule has 0 aromatic heterocycles. The molecule has 0 fully saturated rings. The van der Waals surface area contributed by atoms with Crippen molar-refractivity contribution in [2.75, 3.05) is 0 Å². The monoisotopic (exact) mass is 241 g/mol. The minimum atomic E-state index is -0.425. The molecule has 17 heavy (non-hydrogen) atoms. The Balaban J connectivity index is 3.87. The lowest BCUT2D eigenvalue weighted by molar-refractivity contribution is 0.0500. The minimum Gasteiger partial charge on any atom is -0.444 e. The van der Waals surface area contributed by atoms with Gasteiger partial charge in [-0.25, -0.2) is 4.79 Å². The van der Waals surface area contributed by atoms with Crippen LogP contribution < -0.4 is 5.32 Å². The van der Waals surface area contributed by atoms with Gasteiger partial charge in [-0.1, -0.05) is 19.4 Å². The molecule has 1 atom stereocenters. The van der Waals surface area contributed by atoms with Gasteiger partial charge in [-0.15, -0.1) is 6.58 Å². The van der Waals surface area contributed by atoms with Crippen LogP contribution >= 0.6 is 0 Å². The van der Waals surface area contributed by atoms with Gasteiger partial charge in [0, 0.05) is 6.04 Å². The van der Waals surface area contributed by atoms with Crippen molar-refractivity contribution in [3.05, 3.63) is 12.7 Å². The molecule has 0 spiro atoms. The molecule has 3 nitrogen and oxygen atoms in total. The molecule has 0 saturated carbocycles. The largest absolute Gasteiger partial charge is 0.444 e. The van der Waals surface area contributed by atoms with Crippen molar-refractivity contribution in [2.45, 2.75) is 71.4 Å². The summed E-state index contributed by atoms with van der Waals surface area (Å²) >= 11 is 0. The Morgan fingerprint density at radius 1 is 1.41 bits per heavy atom. The zero-order valence-corrected chi connectivity index (χ0v) is 11.7. The number of unbranched alkanes of at least 4 members (excludes halogenated alkanes) is 2. The second-order valence-electron chi connectivity index (χ2n) is 5.32. The summed E-state index contributed by atoms with van der Waals surface area (Å²) in [7, 11) is 0. The topological polar surface area (TPSA) is 38.3 Å². The van der Waals surface area contributed by atoms with Crippen molar-refractivity contribution in [2.24, 2.45) is 0 Å². The van der Waals surface area contributed by atoms with Crippen LogP contribution in [-0.4, -0.2) is 17.7 Å². The van der Waals surface area contributed by atoms with Crippen LogP contribution in [0.15, 0.2) is 12.7 Å². The van der Waals surface area contributed by atoms with Crippen molar-refractivity contribution in [1.29, 1.82) is 0 Å². The van der Waals surface area contributed by atoms with E-state index in [2.05, 4.69) is 18.8 Å². The third-order valence-corrected chi connectivity index (χ3v) is 2.42. The summed E-state index contributed by atoms with van der Waals surface area (Å²) in [5.41, 5.74) is -0.425. The molecular weight excluding hydrogens is 214 g/mol. The van der Waals surface area contributed by atoms with Crippen LogP contribution in [0.5, 0.6) is 0 Å². The molecule has 0 aliphatic carbocycles. The van der Waals surface area contributed by atoms with Crippen molar-refractivity contribution < 1.29 is 9.53 Å². The van der Waals surface area contributed by atoms with Crippen LogP contribution in [0.1, 0.15) is 59.8 Å². The number of carbonyl (C=O) groups excluding carboxylic acids is 1. The van der Waals surface area contributed by atoms with Crippen LogP contribution in [0, 0.1) is 0 Å². The van der Waals surface area contributed by atoms with E-state index in [1.165, 1.54) is 0 Å². The second kappa shape index (κ2) is 8.15. The Bertz CT molecular complexity index is 231. The molecule has 0 aromatic rings. The van der Waals surface area contributed by atoms with Gasteiger partial charge in [0.2, 0.25) is 0 Å². The van der Waals surface area contributed by atoms with E-state index >= 15 is 0 Å². The number of alkyl carbamates (subject to hydrolysis) is 1. The first kappa shape index (κ1) is 16.0. The third kappa shape index (κ3) is 9.91. The number of rotatable bonds is 7. The highest BCUT2D eigenvalue weighted by atomic mass is 16.6. The average molecular weight is 241 g/mol. The molecule has 0 aromatic carbocycles. The van der Waals surface area contributed by atoms with Gasteiger partial charge in [0.25, 0.3) is 0 Å². The quantitative estimate of drug-likeness (QED) is 0.539. The molecule has 0 saturated heterocycles.